The number of aryl methyl sites for hydroxylation is 1. The predicted molar refractivity (Wildman–Crippen MR) is 75.6 cm³/mol. The topological polar surface area (TPSA) is 72.9 Å². The molecule has 0 saturated heterocycles. The SMILES string of the molecule is C[C@@H]1CC[C@H](Nc2ccn(CCC(N)=O)n2)[C@@H](C)C1. The molecular formula is C14H24N4O. The number of carbonyl (C=O) groups is 1. The van der Waals surface area contributed by atoms with Crippen molar-refractivity contribution in [1.29, 1.82) is 0 Å². The van der Waals surface area contributed by atoms with Crippen molar-refractivity contribution in [3.63, 3.8) is 0 Å². The van der Waals surface area contributed by atoms with Crippen molar-refractivity contribution in [1.82, 2.24) is 9.78 Å². The van der Waals surface area contributed by atoms with Crippen molar-refractivity contribution in [2.24, 2.45) is 17.6 Å². The second kappa shape index (κ2) is 6.08. The Kier molecular flexibility index (Phi) is 4.45. The number of amides is 1. The third-order valence-electron chi connectivity index (χ3n) is 3.99. The fourth-order valence-electron chi connectivity index (χ4n) is 2.86. The van der Waals surface area contributed by atoms with Crippen LogP contribution in [0.2, 0.25) is 0 Å². The van der Waals surface area contributed by atoms with Crippen LogP contribution in [0.25, 0.3) is 0 Å². The molecule has 5 heteroatoms. The van der Waals surface area contributed by atoms with E-state index in [-0.39, 0.29) is 5.91 Å². The number of hydrogen-bond acceptors (Lipinski definition) is 3. The molecule has 1 aromatic rings. The van der Waals surface area contributed by atoms with Gasteiger partial charge in [-0.25, -0.2) is 0 Å². The van der Waals surface area contributed by atoms with Gasteiger partial charge in [0.05, 0.1) is 0 Å². The summed E-state index contributed by atoms with van der Waals surface area (Å²) < 4.78 is 1.77. The van der Waals surface area contributed by atoms with Crippen molar-refractivity contribution in [3.05, 3.63) is 12.3 Å². The van der Waals surface area contributed by atoms with Crippen LogP contribution in [0.1, 0.15) is 39.5 Å². The predicted octanol–water partition coefficient (Wildman–Crippen LogP) is 2.00. The molecule has 1 fully saturated rings. The zero-order valence-corrected chi connectivity index (χ0v) is 11.8. The Morgan fingerprint density at radius 3 is 3.00 bits per heavy atom. The third-order valence-corrected chi connectivity index (χ3v) is 3.99. The number of primary amides is 1. The van der Waals surface area contributed by atoms with E-state index in [9.17, 15) is 4.79 Å². The Labute approximate surface area is 114 Å². The molecule has 106 valence electrons. The van der Waals surface area contributed by atoms with Gasteiger partial charge in [-0.2, -0.15) is 5.10 Å². The maximum Gasteiger partial charge on any atom is 0.219 e. The highest BCUT2D eigenvalue weighted by molar-refractivity contribution is 5.73. The molecule has 3 N–H and O–H groups in total. The smallest absolute Gasteiger partial charge is 0.219 e. The van der Waals surface area contributed by atoms with E-state index in [1.165, 1.54) is 19.3 Å². The van der Waals surface area contributed by atoms with Gasteiger partial charge in [0, 0.05) is 31.3 Å². The number of hydrogen-bond donors (Lipinski definition) is 2. The summed E-state index contributed by atoms with van der Waals surface area (Å²) in [4.78, 5) is 10.7. The maximum absolute atomic E-state index is 10.7. The van der Waals surface area contributed by atoms with Gasteiger partial charge in [-0.15, -0.1) is 0 Å². The van der Waals surface area contributed by atoms with E-state index in [2.05, 4.69) is 24.3 Å². The van der Waals surface area contributed by atoms with Crippen LogP contribution in [0.5, 0.6) is 0 Å². The molecule has 1 saturated carbocycles. The Morgan fingerprint density at radius 2 is 2.32 bits per heavy atom. The summed E-state index contributed by atoms with van der Waals surface area (Å²) in [5, 5.41) is 7.94. The average Bonchev–Trinajstić information content (AvgIpc) is 2.78. The van der Waals surface area contributed by atoms with E-state index in [1.807, 2.05) is 12.3 Å². The molecule has 3 atom stereocenters. The van der Waals surface area contributed by atoms with Crippen LogP contribution in [-0.2, 0) is 11.3 Å². The molecule has 0 aromatic carbocycles. The van der Waals surface area contributed by atoms with E-state index in [0.717, 1.165) is 11.7 Å². The van der Waals surface area contributed by atoms with Crippen LogP contribution in [-0.4, -0.2) is 21.7 Å². The van der Waals surface area contributed by atoms with Crippen molar-refractivity contribution in [2.75, 3.05) is 5.32 Å². The second-order valence-corrected chi connectivity index (χ2v) is 5.83. The molecule has 0 radical (unpaired) electrons. The highest BCUT2D eigenvalue weighted by Crippen LogP contribution is 2.30. The van der Waals surface area contributed by atoms with E-state index in [4.69, 9.17) is 5.73 Å². The summed E-state index contributed by atoms with van der Waals surface area (Å²) >= 11 is 0. The monoisotopic (exact) mass is 264 g/mol. The molecule has 1 aromatic heterocycles. The van der Waals surface area contributed by atoms with E-state index in [1.54, 1.807) is 4.68 Å². The fraction of sp³-hybridized carbons (Fsp3) is 0.714. The van der Waals surface area contributed by atoms with E-state index in [0.29, 0.717) is 24.9 Å². The average molecular weight is 264 g/mol. The van der Waals surface area contributed by atoms with Gasteiger partial charge in [0.2, 0.25) is 5.91 Å². The highest BCUT2D eigenvalue weighted by atomic mass is 16.1. The van der Waals surface area contributed by atoms with Crippen LogP contribution in [0.15, 0.2) is 12.3 Å². The van der Waals surface area contributed by atoms with E-state index < -0.39 is 0 Å². The first-order valence-corrected chi connectivity index (χ1v) is 7.13. The molecule has 0 spiro atoms. The summed E-state index contributed by atoms with van der Waals surface area (Å²) in [6, 6.07) is 2.47. The molecule has 1 heterocycles. The summed E-state index contributed by atoms with van der Waals surface area (Å²) in [7, 11) is 0. The highest BCUT2D eigenvalue weighted by Gasteiger charge is 2.25. The van der Waals surface area contributed by atoms with Crippen molar-refractivity contribution in [2.45, 2.75) is 52.1 Å². The first-order valence-electron chi connectivity index (χ1n) is 7.13. The minimum absolute atomic E-state index is 0.292. The van der Waals surface area contributed by atoms with Gasteiger partial charge < -0.3 is 11.1 Å². The fourth-order valence-corrected chi connectivity index (χ4v) is 2.86. The van der Waals surface area contributed by atoms with Crippen LogP contribution in [0, 0.1) is 11.8 Å². The van der Waals surface area contributed by atoms with Crippen LogP contribution >= 0.6 is 0 Å². The number of nitrogens with one attached hydrogen (secondary N) is 1. The summed E-state index contributed by atoms with van der Waals surface area (Å²) in [5.74, 6) is 2.12. The number of carbonyl (C=O) groups excluding carboxylic acids is 1. The number of rotatable bonds is 5. The zero-order valence-electron chi connectivity index (χ0n) is 11.8. The lowest BCUT2D eigenvalue weighted by Gasteiger charge is -2.33. The second-order valence-electron chi connectivity index (χ2n) is 5.83. The van der Waals surface area contributed by atoms with Crippen molar-refractivity contribution >= 4 is 11.7 Å². The Balaban J connectivity index is 1.87. The van der Waals surface area contributed by atoms with Crippen LogP contribution in [0.4, 0.5) is 5.82 Å². The molecule has 5 nitrogen and oxygen atoms in total. The Morgan fingerprint density at radius 1 is 1.53 bits per heavy atom. The normalized spacial score (nSPS) is 27.2. The number of nitrogens with zero attached hydrogens (tertiary/aromatic N) is 2. The third kappa shape index (κ3) is 3.98. The van der Waals surface area contributed by atoms with Crippen LogP contribution in [0.3, 0.4) is 0 Å². The molecule has 0 aliphatic heterocycles. The number of aromatic nitrogens is 2. The van der Waals surface area contributed by atoms with E-state index >= 15 is 0 Å². The first kappa shape index (κ1) is 13.9. The largest absolute Gasteiger partial charge is 0.370 e. The lowest BCUT2D eigenvalue weighted by atomic mass is 9.80. The lowest BCUT2D eigenvalue weighted by Crippen LogP contribution is -2.33. The quantitative estimate of drug-likeness (QED) is 0.854. The number of nitrogens with two attached hydrogens (primary N) is 1. The first-order chi connectivity index (χ1) is 9.04. The number of anilines is 1. The molecule has 1 aliphatic carbocycles. The van der Waals surface area contributed by atoms with Gasteiger partial charge in [-0.1, -0.05) is 13.8 Å². The molecular weight excluding hydrogens is 240 g/mol. The molecule has 1 amide bonds. The minimum Gasteiger partial charge on any atom is -0.370 e. The molecule has 2 rings (SSSR count). The Bertz CT molecular complexity index is 429. The molecule has 19 heavy (non-hydrogen) atoms. The van der Waals surface area contributed by atoms with Gasteiger partial charge in [-0.3, -0.25) is 9.48 Å². The van der Waals surface area contributed by atoms with Gasteiger partial charge >= 0.3 is 0 Å². The molecule has 0 bridgehead atoms. The standard InChI is InChI=1S/C14H24N4O/c1-10-3-4-12(11(2)9-10)16-14-6-8-18(17-14)7-5-13(15)19/h6,8,10-12H,3-5,7,9H2,1-2H3,(H2,15,19)(H,16,17)/t10-,11+,12+/m1/s1. The summed E-state index contributed by atoms with van der Waals surface area (Å²) in [6.45, 7) is 5.18. The molecule has 0 unspecified atom stereocenters. The minimum atomic E-state index is -0.292. The Hall–Kier alpha value is -1.52. The van der Waals surface area contributed by atoms with Crippen molar-refractivity contribution < 1.29 is 4.79 Å². The molecule has 1 aliphatic rings. The van der Waals surface area contributed by atoms with Gasteiger partial charge in [0.15, 0.2) is 0 Å². The summed E-state index contributed by atoms with van der Waals surface area (Å²) in [6.07, 6.45) is 5.99. The van der Waals surface area contributed by atoms with Gasteiger partial charge in [0.25, 0.3) is 0 Å². The van der Waals surface area contributed by atoms with Crippen LogP contribution < -0.4 is 11.1 Å². The van der Waals surface area contributed by atoms with Gasteiger partial charge in [-0.05, 0) is 31.1 Å². The lowest BCUT2D eigenvalue weighted by molar-refractivity contribution is -0.118. The van der Waals surface area contributed by atoms with Gasteiger partial charge in [0.1, 0.15) is 5.82 Å². The zero-order chi connectivity index (χ0) is 13.8. The maximum atomic E-state index is 10.7. The summed E-state index contributed by atoms with van der Waals surface area (Å²) in [5.41, 5.74) is 5.13. The van der Waals surface area contributed by atoms with Crippen molar-refractivity contribution in [3.8, 4) is 0 Å².